The van der Waals surface area contributed by atoms with Crippen LogP contribution in [-0.2, 0) is 6.54 Å². The van der Waals surface area contributed by atoms with Crippen molar-refractivity contribution in [3.8, 4) is 0 Å². The summed E-state index contributed by atoms with van der Waals surface area (Å²) in [5.74, 6) is 1.08. The first kappa shape index (κ1) is 19.2. The molecule has 1 aliphatic carbocycles. The number of hydrogen-bond donors (Lipinski definition) is 0. The van der Waals surface area contributed by atoms with Crippen LogP contribution in [0.25, 0.3) is 0 Å². The number of imidazole rings is 1. The fourth-order valence-electron chi connectivity index (χ4n) is 4.72. The zero-order valence-electron chi connectivity index (χ0n) is 17.0. The predicted molar refractivity (Wildman–Crippen MR) is 107 cm³/mol. The lowest BCUT2D eigenvalue weighted by atomic mass is 9.99. The first-order valence-corrected chi connectivity index (χ1v) is 10.9. The molecule has 7 heteroatoms. The SMILES string of the molecule is Cc1nccn1CC[C@H]1CCCCN1C(=O)c1cn(C2CCCCCC2)nn1. The van der Waals surface area contributed by atoms with Crippen LogP contribution in [-0.4, -0.2) is 47.9 Å². The average molecular weight is 385 g/mol. The summed E-state index contributed by atoms with van der Waals surface area (Å²) in [7, 11) is 0. The molecule has 0 spiro atoms. The fraction of sp³-hybridized carbons (Fsp3) is 0.714. The number of amides is 1. The van der Waals surface area contributed by atoms with Gasteiger partial charge < -0.3 is 9.47 Å². The summed E-state index contributed by atoms with van der Waals surface area (Å²) in [5.41, 5.74) is 0.509. The quantitative estimate of drug-likeness (QED) is 0.736. The van der Waals surface area contributed by atoms with E-state index in [1.165, 1.54) is 32.1 Å². The summed E-state index contributed by atoms with van der Waals surface area (Å²) in [5, 5.41) is 8.59. The minimum absolute atomic E-state index is 0.0481. The molecule has 1 atom stereocenters. The standard InChI is InChI=1S/C21H32N6O/c1-17-22-12-15-25(17)14-11-18-8-6-7-13-26(18)21(28)20-16-27(24-23-20)19-9-4-2-3-5-10-19/h12,15-16,18-19H,2-11,13-14H2,1H3/t18-/m1/s1. The predicted octanol–water partition coefficient (Wildman–Crippen LogP) is 3.76. The maximum absolute atomic E-state index is 13.2. The van der Waals surface area contributed by atoms with E-state index in [0.717, 1.165) is 51.0 Å². The molecule has 1 amide bonds. The summed E-state index contributed by atoms with van der Waals surface area (Å²) in [6.45, 7) is 3.74. The highest BCUT2D eigenvalue weighted by Gasteiger charge is 2.29. The molecular formula is C21H32N6O. The van der Waals surface area contributed by atoms with Gasteiger partial charge in [-0.05, 0) is 45.4 Å². The molecule has 0 radical (unpaired) electrons. The summed E-state index contributed by atoms with van der Waals surface area (Å²) in [4.78, 5) is 19.5. The number of likely N-dealkylation sites (tertiary alicyclic amines) is 1. The summed E-state index contributed by atoms with van der Waals surface area (Å²) < 4.78 is 4.12. The second kappa shape index (κ2) is 8.88. The minimum Gasteiger partial charge on any atom is -0.335 e. The van der Waals surface area contributed by atoms with Crippen molar-refractivity contribution in [1.29, 1.82) is 0 Å². The number of hydrogen-bond acceptors (Lipinski definition) is 4. The van der Waals surface area contributed by atoms with Crippen LogP contribution < -0.4 is 0 Å². The molecule has 4 rings (SSSR count). The van der Waals surface area contributed by atoms with Gasteiger partial charge in [0.1, 0.15) is 5.82 Å². The van der Waals surface area contributed by atoms with Gasteiger partial charge >= 0.3 is 0 Å². The van der Waals surface area contributed by atoms with Crippen LogP contribution in [0, 0.1) is 6.92 Å². The van der Waals surface area contributed by atoms with E-state index in [4.69, 9.17) is 0 Å². The Morgan fingerprint density at radius 2 is 1.89 bits per heavy atom. The number of aryl methyl sites for hydroxylation is 2. The zero-order valence-corrected chi connectivity index (χ0v) is 17.0. The molecule has 2 aromatic rings. The van der Waals surface area contributed by atoms with Crippen LogP contribution in [0.2, 0.25) is 0 Å². The summed E-state index contributed by atoms with van der Waals surface area (Å²) in [6.07, 6.45) is 17.4. The second-order valence-electron chi connectivity index (χ2n) is 8.33. The monoisotopic (exact) mass is 384 g/mol. The van der Waals surface area contributed by atoms with Crippen molar-refractivity contribution >= 4 is 5.91 Å². The van der Waals surface area contributed by atoms with Crippen LogP contribution in [0.5, 0.6) is 0 Å². The average Bonchev–Trinajstić information content (AvgIpc) is 3.28. The van der Waals surface area contributed by atoms with Crippen molar-refractivity contribution in [1.82, 2.24) is 29.4 Å². The van der Waals surface area contributed by atoms with Crippen LogP contribution in [0.15, 0.2) is 18.6 Å². The number of piperidine rings is 1. The zero-order chi connectivity index (χ0) is 19.3. The molecule has 1 saturated heterocycles. The maximum Gasteiger partial charge on any atom is 0.276 e. The molecule has 2 fully saturated rings. The molecule has 0 N–H and O–H groups in total. The number of carbonyl (C=O) groups is 1. The van der Waals surface area contributed by atoms with E-state index in [1.807, 2.05) is 35.1 Å². The van der Waals surface area contributed by atoms with Gasteiger partial charge in [0.2, 0.25) is 0 Å². The van der Waals surface area contributed by atoms with Gasteiger partial charge in [-0.25, -0.2) is 9.67 Å². The van der Waals surface area contributed by atoms with Crippen molar-refractivity contribution in [2.75, 3.05) is 6.54 Å². The van der Waals surface area contributed by atoms with Crippen molar-refractivity contribution < 1.29 is 4.79 Å². The van der Waals surface area contributed by atoms with Gasteiger partial charge in [-0.2, -0.15) is 0 Å². The smallest absolute Gasteiger partial charge is 0.276 e. The Morgan fingerprint density at radius 1 is 1.11 bits per heavy atom. The van der Waals surface area contributed by atoms with Crippen molar-refractivity contribution in [2.24, 2.45) is 0 Å². The van der Waals surface area contributed by atoms with Crippen molar-refractivity contribution in [3.63, 3.8) is 0 Å². The van der Waals surface area contributed by atoms with Crippen LogP contribution >= 0.6 is 0 Å². The first-order valence-electron chi connectivity index (χ1n) is 10.9. The lowest BCUT2D eigenvalue weighted by molar-refractivity contribution is 0.0589. The third-order valence-electron chi connectivity index (χ3n) is 6.44. The maximum atomic E-state index is 13.2. The number of aromatic nitrogens is 5. The van der Waals surface area contributed by atoms with Gasteiger partial charge in [0, 0.05) is 31.5 Å². The van der Waals surface area contributed by atoms with Crippen molar-refractivity contribution in [3.05, 3.63) is 30.1 Å². The van der Waals surface area contributed by atoms with E-state index >= 15 is 0 Å². The van der Waals surface area contributed by atoms with Crippen LogP contribution in [0.1, 0.15) is 86.6 Å². The van der Waals surface area contributed by atoms with E-state index in [-0.39, 0.29) is 11.9 Å². The highest BCUT2D eigenvalue weighted by Crippen LogP contribution is 2.27. The molecule has 1 aliphatic heterocycles. The van der Waals surface area contributed by atoms with Gasteiger partial charge in [0.05, 0.1) is 12.2 Å². The molecule has 152 valence electrons. The number of rotatable bonds is 5. The largest absolute Gasteiger partial charge is 0.335 e. The molecule has 0 bridgehead atoms. The van der Waals surface area contributed by atoms with Crippen LogP contribution in [0.3, 0.4) is 0 Å². The minimum atomic E-state index is 0.0481. The molecule has 2 aliphatic rings. The highest BCUT2D eigenvalue weighted by atomic mass is 16.2. The molecule has 0 aromatic carbocycles. The molecule has 1 saturated carbocycles. The molecule has 0 unspecified atom stereocenters. The number of nitrogens with zero attached hydrogens (tertiary/aromatic N) is 6. The van der Waals surface area contributed by atoms with Gasteiger partial charge in [-0.15, -0.1) is 5.10 Å². The van der Waals surface area contributed by atoms with E-state index in [2.05, 4.69) is 19.9 Å². The Bertz CT molecular complexity index is 773. The van der Waals surface area contributed by atoms with E-state index in [1.54, 1.807) is 0 Å². The molecule has 28 heavy (non-hydrogen) atoms. The molecule has 2 aromatic heterocycles. The number of carbonyl (C=O) groups excluding carboxylic acids is 1. The van der Waals surface area contributed by atoms with Gasteiger partial charge in [-0.3, -0.25) is 4.79 Å². The third kappa shape index (κ3) is 4.28. The Labute approximate surface area is 167 Å². The topological polar surface area (TPSA) is 68.8 Å². The Balaban J connectivity index is 1.42. The summed E-state index contributed by atoms with van der Waals surface area (Å²) >= 11 is 0. The molecular weight excluding hydrogens is 352 g/mol. The van der Waals surface area contributed by atoms with Gasteiger partial charge in [0.15, 0.2) is 5.69 Å². The lowest BCUT2D eigenvalue weighted by Gasteiger charge is -2.35. The summed E-state index contributed by atoms with van der Waals surface area (Å²) in [6, 6.07) is 0.670. The fourth-order valence-corrected chi connectivity index (χ4v) is 4.72. The normalized spacial score (nSPS) is 21.6. The second-order valence-corrected chi connectivity index (χ2v) is 8.33. The van der Waals surface area contributed by atoms with Crippen LogP contribution in [0.4, 0.5) is 0 Å². The molecule has 3 heterocycles. The van der Waals surface area contributed by atoms with Crippen molar-refractivity contribution in [2.45, 2.75) is 89.8 Å². The Kier molecular flexibility index (Phi) is 6.07. The van der Waals surface area contributed by atoms with E-state index in [9.17, 15) is 4.79 Å². The Morgan fingerprint density at radius 3 is 2.64 bits per heavy atom. The highest BCUT2D eigenvalue weighted by molar-refractivity contribution is 5.92. The third-order valence-corrected chi connectivity index (χ3v) is 6.44. The van der Waals surface area contributed by atoms with E-state index < -0.39 is 0 Å². The van der Waals surface area contributed by atoms with E-state index in [0.29, 0.717) is 11.7 Å². The lowest BCUT2D eigenvalue weighted by Crippen LogP contribution is -2.44. The van der Waals surface area contributed by atoms with Gasteiger partial charge in [0.25, 0.3) is 5.91 Å². The van der Waals surface area contributed by atoms with Gasteiger partial charge in [-0.1, -0.05) is 30.9 Å². The Hall–Kier alpha value is -2.18. The first-order chi connectivity index (χ1) is 13.7. The molecule has 7 nitrogen and oxygen atoms in total.